The summed E-state index contributed by atoms with van der Waals surface area (Å²) >= 11 is 0. The van der Waals surface area contributed by atoms with E-state index in [9.17, 15) is 9.59 Å². The zero-order chi connectivity index (χ0) is 18.7. The van der Waals surface area contributed by atoms with Crippen LogP contribution in [0.15, 0.2) is 36.5 Å². The molecular formula is C20H24N4O2. The number of hydrogen-bond donors (Lipinski definition) is 1. The van der Waals surface area contributed by atoms with Gasteiger partial charge in [-0.2, -0.15) is 0 Å². The molecule has 26 heavy (non-hydrogen) atoms. The first-order chi connectivity index (χ1) is 12.4. The third kappa shape index (κ3) is 4.02. The van der Waals surface area contributed by atoms with Gasteiger partial charge in [0.05, 0.1) is 0 Å². The fraction of sp³-hybridized carbons (Fsp3) is 0.350. The van der Waals surface area contributed by atoms with Gasteiger partial charge in [-0.25, -0.2) is 4.98 Å². The zero-order valence-electron chi connectivity index (χ0n) is 15.5. The predicted octanol–water partition coefficient (Wildman–Crippen LogP) is 2.75. The van der Waals surface area contributed by atoms with E-state index in [1.165, 1.54) is 11.1 Å². The summed E-state index contributed by atoms with van der Waals surface area (Å²) in [6.45, 7) is 7.98. The van der Waals surface area contributed by atoms with Crippen LogP contribution < -0.4 is 5.32 Å². The van der Waals surface area contributed by atoms with Gasteiger partial charge in [-0.15, -0.1) is 0 Å². The van der Waals surface area contributed by atoms with Gasteiger partial charge in [-0.1, -0.05) is 6.07 Å². The molecule has 0 atom stereocenters. The van der Waals surface area contributed by atoms with E-state index in [0.29, 0.717) is 37.6 Å². The SMILES string of the molecule is CC(=O)N1CCN(C(=O)c2ccnc(Nc3ccc(C)c(C)c3)c2)CC1. The second kappa shape index (κ2) is 7.56. The van der Waals surface area contributed by atoms with Gasteiger partial charge in [0, 0.05) is 50.6 Å². The molecule has 2 aromatic rings. The topological polar surface area (TPSA) is 65.5 Å². The number of piperazine rings is 1. The molecule has 6 heteroatoms. The van der Waals surface area contributed by atoms with Crippen molar-refractivity contribution in [3.63, 3.8) is 0 Å². The van der Waals surface area contributed by atoms with Crippen LogP contribution >= 0.6 is 0 Å². The van der Waals surface area contributed by atoms with E-state index in [2.05, 4.69) is 36.3 Å². The summed E-state index contributed by atoms with van der Waals surface area (Å²) in [5, 5.41) is 3.26. The highest BCUT2D eigenvalue weighted by molar-refractivity contribution is 5.95. The van der Waals surface area contributed by atoms with Crippen LogP contribution in [0.1, 0.15) is 28.4 Å². The fourth-order valence-corrected chi connectivity index (χ4v) is 3.01. The minimum absolute atomic E-state index is 0.0289. The van der Waals surface area contributed by atoms with Crippen molar-refractivity contribution >= 4 is 23.3 Å². The van der Waals surface area contributed by atoms with Gasteiger partial charge in [0.25, 0.3) is 5.91 Å². The van der Waals surface area contributed by atoms with Crippen molar-refractivity contribution in [1.29, 1.82) is 0 Å². The van der Waals surface area contributed by atoms with E-state index in [1.807, 2.05) is 6.07 Å². The van der Waals surface area contributed by atoms with E-state index < -0.39 is 0 Å². The third-order valence-corrected chi connectivity index (χ3v) is 4.80. The molecule has 0 bridgehead atoms. The first kappa shape index (κ1) is 17.9. The third-order valence-electron chi connectivity index (χ3n) is 4.80. The summed E-state index contributed by atoms with van der Waals surface area (Å²) < 4.78 is 0. The molecule has 3 rings (SSSR count). The van der Waals surface area contributed by atoms with Gasteiger partial charge < -0.3 is 15.1 Å². The number of pyridine rings is 1. The summed E-state index contributed by atoms with van der Waals surface area (Å²) in [6, 6.07) is 9.62. The van der Waals surface area contributed by atoms with Crippen molar-refractivity contribution in [1.82, 2.24) is 14.8 Å². The van der Waals surface area contributed by atoms with Gasteiger partial charge in [-0.05, 0) is 49.2 Å². The summed E-state index contributed by atoms with van der Waals surface area (Å²) in [5.74, 6) is 0.668. The molecule has 1 aliphatic rings. The van der Waals surface area contributed by atoms with E-state index in [1.54, 1.807) is 35.1 Å². The van der Waals surface area contributed by atoms with Crippen LogP contribution in [0, 0.1) is 13.8 Å². The normalized spacial score (nSPS) is 14.3. The summed E-state index contributed by atoms with van der Waals surface area (Å²) in [4.78, 5) is 32.0. The summed E-state index contributed by atoms with van der Waals surface area (Å²) in [5.41, 5.74) is 3.98. The van der Waals surface area contributed by atoms with Crippen LogP contribution in [-0.2, 0) is 4.79 Å². The first-order valence-electron chi connectivity index (χ1n) is 8.79. The molecule has 2 amide bonds. The molecular weight excluding hydrogens is 328 g/mol. The fourth-order valence-electron chi connectivity index (χ4n) is 3.01. The van der Waals surface area contributed by atoms with E-state index in [-0.39, 0.29) is 11.8 Å². The Morgan fingerprint density at radius 3 is 2.31 bits per heavy atom. The number of benzene rings is 1. The highest BCUT2D eigenvalue weighted by Gasteiger charge is 2.23. The Morgan fingerprint density at radius 1 is 0.962 bits per heavy atom. The number of aromatic nitrogens is 1. The second-order valence-electron chi connectivity index (χ2n) is 6.65. The molecule has 0 spiro atoms. The summed E-state index contributed by atoms with van der Waals surface area (Å²) in [7, 11) is 0. The van der Waals surface area contributed by atoms with Crippen LogP contribution in [0.25, 0.3) is 0 Å². The Labute approximate surface area is 153 Å². The number of aryl methyl sites for hydroxylation is 2. The highest BCUT2D eigenvalue weighted by atomic mass is 16.2. The molecule has 0 unspecified atom stereocenters. The van der Waals surface area contributed by atoms with Crippen molar-refractivity contribution in [2.45, 2.75) is 20.8 Å². The number of rotatable bonds is 3. The van der Waals surface area contributed by atoms with Crippen molar-refractivity contribution in [3.8, 4) is 0 Å². The maximum atomic E-state index is 12.7. The van der Waals surface area contributed by atoms with Crippen LogP contribution in [0.4, 0.5) is 11.5 Å². The molecule has 0 radical (unpaired) electrons. The quantitative estimate of drug-likeness (QED) is 0.922. The summed E-state index contributed by atoms with van der Waals surface area (Å²) in [6.07, 6.45) is 1.64. The number of nitrogens with one attached hydrogen (secondary N) is 1. The maximum Gasteiger partial charge on any atom is 0.254 e. The van der Waals surface area contributed by atoms with Crippen molar-refractivity contribution < 1.29 is 9.59 Å². The van der Waals surface area contributed by atoms with Crippen LogP contribution in [0.2, 0.25) is 0 Å². The van der Waals surface area contributed by atoms with E-state index in [4.69, 9.17) is 0 Å². The number of anilines is 2. The van der Waals surface area contributed by atoms with Crippen LogP contribution in [0.3, 0.4) is 0 Å². The monoisotopic (exact) mass is 352 g/mol. The van der Waals surface area contributed by atoms with Gasteiger partial charge in [0.2, 0.25) is 5.91 Å². The second-order valence-corrected chi connectivity index (χ2v) is 6.65. The number of amides is 2. The molecule has 1 saturated heterocycles. The minimum atomic E-state index is -0.0289. The minimum Gasteiger partial charge on any atom is -0.340 e. The van der Waals surface area contributed by atoms with Gasteiger partial charge in [0.15, 0.2) is 0 Å². The number of hydrogen-bond acceptors (Lipinski definition) is 4. The van der Waals surface area contributed by atoms with Crippen molar-refractivity contribution in [2.24, 2.45) is 0 Å². The number of carbonyl (C=O) groups is 2. The average Bonchev–Trinajstić information content (AvgIpc) is 2.64. The number of carbonyl (C=O) groups excluding carboxylic acids is 2. The van der Waals surface area contributed by atoms with Crippen LogP contribution in [0.5, 0.6) is 0 Å². The maximum absolute atomic E-state index is 12.7. The first-order valence-corrected chi connectivity index (χ1v) is 8.79. The van der Waals surface area contributed by atoms with Gasteiger partial charge >= 0.3 is 0 Å². The van der Waals surface area contributed by atoms with Crippen LogP contribution in [-0.4, -0.2) is 52.8 Å². The van der Waals surface area contributed by atoms with E-state index >= 15 is 0 Å². The molecule has 1 aromatic carbocycles. The molecule has 1 N–H and O–H groups in total. The lowest BCUT2D eigenvalue weighted by Gasteiger charge is -2.34. The smallest absolute Gasteiger partial charge is 0.254 e. The average molecular weight is 352 g/mol. The molecule has 2 heterocycles. The Hall–Kier alpha value is -2.89. The molecule has 1 aromatic heterocycles. The largest absolute Gasteiger partial charge is 0.340 e. The van der Waals surface area contributed by atoms with Crippen molar-refractivity contribution in [2.75, 3.05) is 31.5 Å². The lowest BCUT2D eigenvalue weighted by molar-refractivity contribution is -0.130. The van der Waals surface area contributed by atoms with Gasteiger partial charge in [-0.3, -0.25) is 9.59 Å². The predicted molar refractivity (Wildman–Crippen MR) is 102 cm³/mol. The zero-order valence-corrected chi connectivity index (χ0v) is 15.5. The lowest BCUT2D eigenvalue weighted by atomic mass is 10.1. The van der Waals surface area contributed by atoms with Crippen molar-refractivity contribution in [3.05, 3.63) is 53.2 Å². The Morgan fingerprint density at radius 2 is 1.65 bits per heavy atom. The molecule has 1 fully saturated rings. The Balaban J connectivity index is 1.69. The molecule has 6 nitrogen and oxygen atoms in total. The Bertz CT molecular complexity index is 826. The highest BCUT2D eigenvalue weighted by Crippen LogP contribution is 2.19. The lowest BCUT2D eigenvalue weighted by Crippen LogP contribution is -2.50. The molecule has 0 saturated carbocycles. The van der Waals surface area contributed by atoms with E-state index in [0.717, 1.165) is 5.69 Å². The Kier molecular flexibility index (Phi) is 5.21. The van der Waals surface area contributed by atoms with Gasteiger partial charge in [0.1, 0.15) is 5.82 Å². The molecule has 136 valence electrons. The standard InChI is InChI=1S/C20H24N4O2/c1-14-4-5-18(12-15(14)2)22-19-13-17(6-7-21-19)20(26)24-10-8-23(9-11-24)16(3)25/h4-7,12-13H,8-11H2,1-3H3,(H,21,22). The molecule has 0 aliphatic carbocycles. The molecule has 1 aliphatic heterocycles. The number of nitrogens with zero attached hydrogens (tertiary/aromatic N) is 3.